The second-order valence-electron chi connectivity index (χ2n) is 5.46. The third-order valence-electron chi connectivity index (χ3n) is 3.71. The summed E-state index contributed by atoms with van der Waals surface area (Å²) >= 11 is 0. The first-order chi connectivity index (χ1) is 10.8. The quantitative estimate of drug-likeness (QED) is 0.673. The normalized spacial score (nSPS) is 17.6. The van der Waals surface area contributed by atoms with Gasteiger partial charge in [-0.25, -0.2) is 0 Å². The molecule has 22 heavy (non-hydrogen) atoms. The molecule has 0 radical (unpaired) electrons. The van der Waals surface area contributed by atoms with E-state index in [1.807, 2.05) is 18.2 Å². The lowest BCUT2D eigenvalue weighted by Crippen LogP contribution is -2.19. The first-order valence-electron chi connectivity index (χ1n) is 7.94. The second kappa shape index (κ2) is 9.66. The third kappa shape index (κ3) is 5.83. The summed E-state index contributed by atoms with van der Waals surface area (Å²) in [4.78, 5) is 0. The maximum absolute atomic E-state index is 5.64. The van der Waals surface area contributed by atoms with Crippen LogP contribution in [0.2, 0.25) is 0 Å². The molecule has 0 aromatic heterocycles. The Morgan fingerprint density at radius 1 is 1.18 bits per heavy atom. The van der Waals surface area contributed by atoms with Gasteiger partial charge in [-0.1, -0.05) is 0 Å². The van der Waals surface area contributed by atoms with Gasteiger partial charge in [0.25, 0.3) is 0 Å². The van der Waals surface area contributed by atoms with Crippen LogP contribution in [0.15, 0.2) is 18.2 Å². The molecule has 1 aromatic carbocycles. The molecule has 124 valence electrons. The van der Waals surface area contributed by atoms with Crippen molar-refractivity contribution in [3.05, 3.63) is 23.8 Å². The van der Waals surface area contributed by atoms with Crippen molar-refractivity contribution in [1.82, 2.24) is 5.32 Å². The van der Waals surface area contributed by atoms with Crippen molar-refractivity contribution < 1.29 is 18.9 Å². The Morgan fingerprint density at radius 3 is 2.59 bits per heavy atom. The summed E-state index contributed by atoms with van der Waals surface area (Å²) in [5.41, 5.74) is 1.15. The summed E-state index contributed by atoms with van der Waals surface area (Å²) in [6.45, 7) is 4.10. The molecule has 0 saturated carbocycles. The van der Waals surface area contributed by atoms with Crippen LogP contribution in [-0.2, 0) is 16.0 Å². The van der Waals surface area contributed by atoms with E-state index in [1.54, 1.807) is 14.2 Å². The number of benzene rings is 1. The van der Waals surface area contributed by atoms with Gasteiger partial charge in [-0.15, -0.1) is 0 Å². The number of ether oxygens (including phenoxy) is 4. The van der Waals surface area contributed by atoms with Gasteiger partial charge in [0.05, 0.1) is 26.9 Å². The first-order valence-corrected chi connectivity index (χ1v) is 7.94. The zero-order valence-corrected chi connectivity index (χ0v) is 13.6. The summed E-state index contributed by atoms with van der Waals surface area (Å²) in [5.74, 6) is 1.63. The van der Waals surface area contributed by atoms with Gasteiger partial charge in [-0.05, 0) is 43.5 Å². The van der Waals surface area contributed by atoms with Crippen LogP contribution in [-0.4, -0.2) is 46.7 Å². The van der Waals surface area contributed by atoms with Gasteiger partial charge in [-0.3, -0.25) is 0 Å². The Balaban J connectivity index is 1.57. The van der Waals surface area contributed by atoms with Crippen molar-refractivity contribution in [1.29, 1.82) is 0 Å². The molecule has 0 aliphatic carbocycles. The molecule has 1 aliphatic heterocycles. The largest absolute Gasteiger partial charge is 0.497 e. The van der Waals surface area contributed by atoms with Crippen LogP contribution in [0, 0.1) is 0 Å². The minimum absolute atomic E-state index is 0.317. The zero-order chi connectivity index (χ0) is 15.6. The van der Waals surface area contributed by atoms with Crippen LogP contribution in [0.3, 0.4) is 0 Å². The van der Waals surface area contributed by atoms with E-state index in [-0.39, 0.29) is 0 Å². The van der Waals surface area contributed by atoms with Crippen molar-refractivity contribution in [2.45, 2.75) is 31.9 Å². The average Bonchev–Trinajstić information content (AvgIpc) is 3.07. The van der Waals surface area contributed by atoms with Crippen molar-refractivity contribution in [2.75, 3.05) is 40.6 Å². The maximum Gasteiger partial charge on any atom is 0.122 e. The molecule has 0 amide bonds. The molecule has 1 aliphatic rings. The Bertz CT molecular complexity index is 410. The van der Waals surface area contributed by atoms with Crippen molar-refractivity contribution in [2.24, 2.45) is 0 Å². The van der Waals surface area contributed by atoms with Crippen molar-refractivity contribution in [3.8, 4) is 11.5 Å². The Kier molecular flexibility index (Phi) is 7.49. The predicted octanol–water partition coefficient (Wildman–Crippen LogP) is 2.38. The topological polar surface area (TPSA) is 49.0 Å². The van der Waals surface area contributed by atoms with Gasteiger partial charge in [-0.2, -0.15) is 0 Å². The molecule has 5 nitrogen and oxygen atoms in total. The molecule has 1 unspecified atom stereocenters. The standard InChI is InChI=1S/C17H27NO4/c1-19-16-9-14(10-17(11-16)20-2)12-18-6-4-7-21-13-15-5-3-8-22-15/h9-11,15,18H,3-8,12-13H2,1-2H3. The van der Waals surface area contributed by atoms with E-state index >= 15 is 0 Å². The Labute approximate surface area is 132 Å². The molecule has 2 rings (SSSR count). The summed E-state index contributed by atoms with van der Waals surface area (Å²) in [6.07, 6.45) is 3.61. The number of nitrogens with one attached hydrogen (secondary N) is 1. The predicted molar refractivity (Wildman–Crippen MR) is 85.7 cm³/mol. The van der Waals surface area contributed by atoms with Gasteiger partial charge >= 0.3 is 0 Å². The van der Waals surface area contributed by atoms with E-state index in [2.05, 4.69) is 5.32 Å². The molecule has 1 aromatic rings. The third-order valence-corrected chi connectivity index (χ3v) is 3.71. The van der Waals surface area contributed by atoms with Gasteiger partial charge in [0.15, 0.2) is 0 Å². The number of hydrogen-bond acceptors (Lipinski definition) is 5. The minimum Gasteiger partial charge on any atom is -0.497 e. The molecular formula is C17H27NO4. The lowest BCUT2D eigenvalue weighted by Gasteiger charge is -2.11. The van der Waals surface area contributed by atoms with Crippen LogP contribution >= 0.6 is 0 Å². The molecule has 1 fully saturated rings. The molecule has 1 N–H and O–H groups in total. The van der Waals surface area contributed by atoms with Crippen LogP contribution in [0.4, 0.5) is 0 Å². The van der Waals surface area contributed by atoms with Crippen LogP contribution in [0.25, 0.3) is 0 Å². The molecule has 1 saturated heterocycles. The fourth-order valence-corrected chi connectivity index (χ4v) is 2.49. The van der Waals surface area contributed by atoms with E-state index in [0.29, 0.717) is 6.10 Å². The second-order valence-corrected chi connectivity index (χ2v) is 5.46. The molecule has 1 heterocycles. The summed E-state index contributed by atoms with van der Waals surface area (Å²) in [5, 5.41) is 3.41. The lowest BCUT2D eigenvalue weighted by molar-refractivity contribution is 0.0166. The zero-order valence-electron chi connectivity index (χ0n) is 13.6. The molecule has 0 spiro atoms. The van der Waals surface area contributed by atoms with E-state index in [9.17, 15) is 0 Å². The fourth-order valence-electron chi connectivity index (χ4n) is 2.49. The highest BCUT2D eigenvalue weighted by Crippen LogP contribution is 2.22. The number of rotatable bonds is 10. The fraction of sp³-hybridized carbons (Fsp3) is 0.647. The number of hydrogen-bond donors (Lipinski definition) is 1. The monoisotopic (exact) mass is 309 g/mol. The highest BCUT2D eigenvalue weighted by Gasteiger charge is 2.14. The Hall–Kier alpha value is -1.30. The van der Waals surface area contributed by atoms with E-state index in [0.717, 1.165) is 62.8 Å². The lowest BCUT2D eigenvalue weighted by atomic mass is 10.2. The van der Waals surface area contributed by atoms with Crippen molar-refractivity contribution in [3.63, 3.8) is 0 Å². The van der Waals surface area contributed by atoms with Gasteiger partial charge < -0.3 is 24.3 Å². The molecule has 5 heteroatoms. The SMILES string of the molecule is COc1cc(CNCCCOCC2CCCO2)cc(OC)c1. The van der Waals surface area contributed by atoms with E-state index < -0.39 is 0 Å². The smallest absolute Gasteiger partial charge is 0.122 e. The van der Waals surface area contributed by atoms with Gasteiger partial charge in [0.2, 0.25) is 0 Å². The first kappa shape index (κ1) is 17.1. The molecule has 0 bridgehead atoms. The molecule has 1 atom stereocenters. The highest BCUT2D eigenvalue weighted by atomic mass is 16.5. The Morgan fingerprint density at radius 2 is 1.95 bits per heavy atom. The van der Waals surface area contributed by atoms with Crippen molar-refractivity contribution >= 4 is 0 Å². The van der Waals surface area contributed by atoms with Crippen LogP contribution < -0.4 is 14.8 Å². The van der Waals surface area contributed by atoms with Gasteiger partial charge in [0, 0.05) is 25.8 Å². The average molecular weight is 309 g/mol. The summed E-state index contributed by atoms with van der Waals surface area (Å²) < 4.78 is 21.7. The van der Waals surface area contributed by atoms with Crippen LogP contribution in [0.5, 0.6) is 11.5 Å². The summed E-state index contributed by atoms with van der Waals surface area (Å²) in [6, 6.07) is 5.91. The van der Waals surface area contributed by atoms with E-state index in [4.69, 9.17) is 18.9 Å². The molecular weight excluding hydrogens is 282 g/mol. The van der Waals surface area contributed by atoms with Gasteiger partial charge in [0.1, 0.15) is 11.5 Å². The summed E-state index contributed by atoms with van der Waals surface area (Å²) in [7, 11) is 3.33. The van der Waals surface area contributed by atoms with E-state index in [1.165, 1.54) is 6.42 Å². The highest BCUT2D eigenvalue weighted by molar-refractivity contribution is 5.38. The number of methoxy groups -OCH3 is 2. The van der Waals surface area contributed by atoms with Crippen LogP contribution in [0.1, 0.15) is 24.8 Å². The maximum atomic E-state index is 5.64. The minimum atomic E-state index is 0.317.